The fourth-order valence-electron chi connectivity index (χ4n) is 1.58. The molecule has 19 heavy (non-hydrogen) atoms. The topological polar surface area (TPSA) is 52.9 Å². The zero-order chi connectivity index (χ0) is 14.7. The van der Waals surface area contributed by atoms with Crippen LogP contribution in [0.1, 0.15) is 33.3 Å². The Kier molecular flexibility index (Phi) is 4.75. The number of carbonyl (C=O) groups excluding carboxylic acids is 1. The van der Waals surface area contributed by atoms with Crippen LogP contribution in [0.5, 0.6) is 0 Å². The normalized spacial score (nSPS) is 11.8. The highest BCUT2D eigenvalue weighted by molar-refractivity contribution is 9.10. The summed E-state index contributed by atoms with van der Waals surface area (Å²) in [6.45, 7) is 7.86. The Morgan fingerprint density at radius 2 is 2.00 bits per heavy atom. The molecule has 0 spiro atoms. The minimum absolute atomic E-state index is 0.190. The Hall–Kier alpha value is -1.34. The Morgan fingerprint density at radius 1 is 1.37 bits per heavy atom. The summed E-state index contributed by atoms with van der Waals surface area (Å²) in [5.74, 6) is -0.238. The lowest BCUT2D eigenvalue weighted by Gasteiger charge is -2.27. The van der Waals surface area contributed by atoms with Gasteiger partial charge in [0.2, 0.25) is 5.91 Å². The summed E-state index contributed by atoms with van der Waals surface area (Å²) in [6, 6.07) is 10.0. The first kappa shape index (κ1) is 15.7. The van der Waals surface area contributed by atoms with Gasteiger partial charge in [0.1, 0.15) is 5.41 Å². The fraction of sp³-hybridized carbons (Fsp3) is 0.467. The van der Waals surface area contributed by atoms with E-state index in [1.807, 2.05) is 30.3 Å². The van der Waals surface area contributed by atoms with Crippen LogP contribution < -0.4 is 5.32 Å². The summed E-state index contributed by atoms with van der Waals surface area (Å²) >= 11 is 3.45. The predicted molar refractivity (Wildman–Crippen MR) is 79.6 cm³/mol. The molecule has 1 amide bonds. The average molecular weight is 323 g/mol. The first-order valence-corrected chi connectivity index (χ1v) is 6.94. The van der Waals surface area contributed by atoms with Gasteiger partial charge in [-0.3, -0.25) is 4.79 Å². The van der Waals surface area contributed by atoms with Gasteiger partial charge in [-0.1, -0.05) is 41.9 Å². The number of amides is 1. The number of halogens is 1. The molecule has 0 aliphatic heterocycles. The molecule has 0 aliphatic carbocycles. The van der Waals surface area contributed by atoms with Gasteiger partial charge in [0.05, 0.1) is 6.07 Å². The highest BCUT2D eigenvalue weighted by Crippen LogP contribution is 2.25. The van der Waals surface area contributed by atoms with E-state index in [-0.39, 0.29) is 11.3 Å². The molecule has 0 unspecified atom stereocenters. The molecule has 3 nitrogen and oxygen atoms in total. The summed E-state index contributed by atoms with van der Waals surface area (Å²) in [5, 5.41) is 11.8. The Bertz CT molecular complexity index is 515. The van der Waals surface area contributed by atoms with Gasteiger partial charge in [-0.25, -0.2) is 0 Å². The van der Waals surface area contributed by atoms with E-state index in [1.165, 1.54) is 0 Å². The fourth-order valence-corrected chi connectivity index (χ4v) is 1.98. The molecule has 0 aromatic heterocycles. The van der Waals surface area contributed by atoms with E-state index in [1.54, 1.807) is 13.8 Å². The van der Waals surface area contributed by atoms with Crippen molar-refractivity contribution in [3.8, 4) is 6.07 Å². The maximum atomic E-state index is 11.9. The second kappa shape index (κ2) is 5.75. The third-order valence-electron chi connectivity index (χ3n) is 3.14. The van der Waals surface area contributed by atoms with Gasteiger partial charge in [0, 0.05) is 16.4 Å². The molecule has 102 valence electrons. The molecule has 4 heteroatoms. The monoisotopic (exact) mass is 322 g/mol. The molecule has 1 N–H and O–H groups in total. The van der Waals surface area contributed by atoms with Gasteiger partial charge < -0.3 is 5.32 Å². The number of nitriles is 1. The standard InChI is InChI=1S/C15H19BrN2O/c1-14(2,9-17)13(19)18-10-15(3,4)11-6-5-7-12(16)8-11/h5-8H,10H2,1-4H3,(H,18,19). The minimum atomic E-state index is -0.993. The largest absolute Gasteiger partial charge is 0.354 e. The lowest BCUT2D eigenvalue weighted by Crippen LogP contribution is -2.42. The Labute approximate surface area is 123 Å². The summed E-state index contributed by atoms with van der Waals surface area (Å²) in [4.78, 5) is 11.9. The van der Waals surface area contributed by atoms with Crippen LogP contribution in [0.4, 0.5) is 0 Å². The van der Waals surface area contributed by atoms with Crippen LogP contribution in [0.2, 0.25) is 0 Å². The number of carbonyl (C=O) groups is 1. The van der Waals surface area contributed by atoms with Crippen molar-refractivity contribution in [2.75, 3.05) is 6.54 Å². The smallest absolute Gasteiger partial charge is 0.239 e. The second-order valence-corrected chi connectivity index (χ2v) is 6.73. The summed E-state index contributed by atoms with van der Waals surface area (Å²) in [7, 11) is 0. The summed E-state index contributed by atoms with van der Waals surface area (Å²) in [5.41, 5.74) is -0.0462. The van der Waals surface area contributed by atoms with Crippen molar-refractivity contribution < 1.29 is 4.79 Å². The lowest BCUT2D eigenvalue weighted by atomic mass is 9.84. The van der Waals surface area contributed by atoms with Gasteiger partial charge >= 0.3 is 0 Å². The maximum absolute atomic E-state index is 11.9. The third-order valence-corrected chi connectivity index (χ3v) is 3.64. The van der Waals surface area contributed by atoms with Crippen LogP contribution in [0, 0.1) is 16.7 Å². The van der Waals surface area contributed by atoms with Gasteiger partial charge in [-0.05, 0) is 31.5 Å². The van der Waals surface area contributed by atoms with Crippen LogP contribution in [-0.2, 0) is 10.2 Å². The highest BCUT2D eigenvalue weighted by Gasteiger charge is 2.29. The van der Waals surface area contributed by atoms with Gasteiger partial charge in [-0.2, -0.15) is 5.26 Å². The number of nitrogens with one attached hydrogen (secondary N) is 1. The van der Waals surface area contributed by atoms with E-state index in [4.69, 9.17) is 5.26 Å². The lowest BCUT2D eigenvalue weighted by molar-refractivity contribution is -0.127. The van der Waals surface area contributed by atoms with Crippen LogP contribution >= 0.6 is 15.9 Å². The molecule has 1 rings (SSSR count). The van der Waals surface area contributed by atoms with E-state index < -0.39 is 5.41 Å². The number of hydrogen-bond donors (Lipinski definition) is 1. The molecule has 0 saturated heterocycles. The maximum Gasteiger partial charge on any atom is 0.239 e. The van der Waals surface area contributed by atoms with Crippen molar-refractivity contribution in [3.63, 3.8) is 0 Å². The van der Waals surface area contributed by atoms with E-state index in [9.17, 15) is 4.79 Å². The molecule has 1 aromatic carbocycles. The molecule has 0 radical (unpaired) electrons. The van der Waals surface area contributed by atoms with Crippen molar-refractivity contribution in [3.05, 3.63) is 34.3 Å². The first-order valence-electron chi connectivity index (χ1n) is 6.15. The first-order chi connectivity index (χ1) is 8.69. The average Bonchev–Trinajstić information content (AvgIpc) is 2.36. The number of rotatable bonds is 4. The molecule has 0 aliphatic rings. The SMILES string of the molecule is CC(C)(C#N)C(=O)NCC(C)(C)c1cccc(Br)c1. The molecule has 0 atom stereocenters. The highest BCUT2D eigenvalue weighted by atomic mass is 79.9. The second-order valence-electron chi connectivity index (χ2n) is 5.81. The van der Waals surface area contributed by atoms with Crippen LogP contribution in [0.25, 0.3) is 0 Å². The van der Waals surface area contributed by atoms with Crippen LogP contribution in [0.3, 0.4) is 0 Å². The van der Waals surface area contributed by atoms with Crippen LogP contribution in [0.15, 0.2) is 28.7 Å². The Morgan fingerprint density at radius 3 is 2.53 bits per heavy atom. The predicted octanol–water partition coefficient (Wildman–Crippen LogP) is 3.39. The van der Waals surface area contributed by atoms with E-state index in [0.717, 1.165) is 10.0 Å². The van der Waals surface area contributed by atoms with Crippen molar-refractivity contribution in [1.82, 2.24) is 5.32 Å². The van der Waals surface area contributed by atoms with E-state index >= 15 is 0 Å². The molecule has 0 heterocycles. The molecule has 0 bridgehead atoms. The number of nitrogens with zero attached hydrogens (tertiary/aromatic N) is 1. The van der Waals surface area contributed by atoms with Gasteiger partial charge in [0.15, 0.2) is 0 Å². The zero-order valence-corrected chi connectivity index (χ0v) is 13.3. The summed E-state index contributed by atoms with van der Waals surface area (Å²) < 4.78 is 1.02. The van der Waals surface area contributed by atoms with Crippen molar-refractivity contribution >= 4 is 21.8 Å². The van der Waals surface area contributed by atoms with Crippen molar-refractivity contribution in [2.24, 2.45) is 5.41 Å². The molecule has 0 fully saturated rings. The van der Waals surface area contributed by atoms with Crippen molar-refractivity contribution in [2.45, 2.75) is 33.1 Å². The summed E-state index contributed by atoms with van der Waals surface area (Å²) in [6.07, 6.45) is 0. The van der Waals surface area contributed by atoms with Gasteiger partial charge in [0.25, 0.3) is 0 Å². The van der Waals surface area contributed by atoms with Gasteiger partial charge in [-0.15, -0.1) is 0 Å². The quantitative estimate of drug-likeness (QED) is 0.923. The minimum Gasteiger partial charge on any atom is -0.354 e. The van der Waals surface area contributed by atoms with E-state index in [0.29, 0.717) is 6.54 Å². The zero-order valence-electron chi connectivity index (χ0n) is 11.7. The number of hydrogen-bond acceptors (Lipinski definition) is 2. The molecular weight excluding hydrogens is 304 g/mol. The van der Waals surface area contributed by atoms with Crippen molar-refractivity contribution in [1.29, 1.82) is 5.26 Å². The van der Waals surface area contributed by atoms with Crippen LogP contribution in [-0.4, -0.2) is 12.5 Å². The number of benzene rings is 1. The molecule has 0 saturated carbocycles. The molecular formula is C15H19BrN2O. The molecule has 1 aromatic rings. The Balaban J connectivity index is 2.77. The van der Waals surface area contributed by atoms with E-state index in [2.05, 4.69) is 35.1 Å². The third kappa shape index (κ3) is 4.07.